The lowest BCUT2D eigenvalue weighted by Crippen LogP contribution is -2.08. The number of aromatic carboxylic acids is 1. The lowest BCUT2D eigenvalue weighted by molar-refractivity contribution is 0.0682. The van der Waals surface area contributed by atoms with Crippen LogP contribution in [0, 0.1) is 0 Å². The van der Waals surface area contributed by atoms with E-state index in [1.54, 1.807) is 0 Å². The summed E-state index contributed by atoms with van der Waals surface area (Å²) in [5, 5.41) is 8.38. The van der Waals surface area contributed by atoms with Crippen molar-refractivity contribution in [2.75, 3.05) is 0 Å². The van der Waals surface area contributed by atoms with Crippen LogP contribution in [0.4, 0.5) is 8.78 Å². The molecule has 1 N–H and O–H groups in total. The maximum Gasteiger partial charge on any atom is 0.339 e. The lowest BCUT2D eigenvalue weighted by atomic mass is 10.2. The van der Waals surface area contributed by atoms with Crippen molar-refractivity contribution in [3.8, 4) is 0 Å². The SMILES string of the molecule is O=C(O)c1c(Cl)cc(CCl)nc1C(F)F. The van der Waals surface area contributed by atoms with Gasteiger partial charge in [-0.25, -0.2) is 18.6 Å². The number of pyridine rings is 1. The second-order valence-corrected chi connectivity index (χ2v) is 3.27. The molecule has 7 heteroatoms. The summed E-state index contributed by atoms with van der Waals surface area (Å²) in [6, 6.07) is 1.16. The summed E-state index contributed by atoms with van der Waals surface area (Å²) in [6.07, 6.45) is -3.00. The van der Waals surface area contributed by atoms with E-state index in [0.29, 0.717) is 0 Å². The Morgan fingerprint density at radius 1 is 1.60 bits per heavy atom. The molecule has 82 valence electrons. The summed E-state index contributed by atoms with van der Waals surface area (Å²) < 4.78 is 24.9. The molecule has 0 spiro atoms. The third-order valence-electron chi connectivity index (χ3n) is 1.61. The first-order chi connectivity index (χ1) is 6.97. The first-order valence-corrected chi connectivity index (χ1v) is 4.65. The van der Waals surface area contributed by atoms with Crippen LogP contribution >= 0.6 is 23.2 Å². The van der Waals surface area contributed by atoms with E-state index in [-0.39, 0.29) is 16.6 Å². The molecule has 1 aromatic rings. The minimum atomic E-state index is -3.00. The highest BCUT2D eigenvalue weighted by Crippen LogP contribution is 2.28. The monoisotopic (exact) mass is 255 g/mol. The van der Waals surface area contributed by atoms with Crippen molar-refractivity contribution in [2.24, 2.45) is 0 Å². The first-order valence-electron chi connectivity index (χ1n) is 3.74. The number of nitrogens with zero attached hydrogens (tertiary/aromatic N) is 1. The number of carbonyl (C=O) groups is 1. The van der Waals surface area contributed by atoms with Gasteiger partial charge in [0.15, 0.2) is 0 Å². The summed E-state index contributed by atoms with van der Waals surface area (Å²) >= 11 is 10.9. The van der Waals surface area contributed by atoms with Crippen molar-refractivity contribution in [1.82, 2.24) is 4.98 Å². The standard InChI is InChI=1S/C8H5Cl2F2NO2/c9-2-3-1-4(10)5(8(14)15)6(13-3)7(11)12/h1,7H,2H2,(H,14,15). The van der Waals surface area contributed by atoms with E-state index in [2.05, 4.69) is 4.98 Å². The second kappa shape index (κ2) is 4.72. The van der Waals surface area contributed by atoms with Crippen LogP contribution in [0.3, 0.4) is 0 Å². The van der Waals surface area contributed by atoms with E-state index in [4.69, 9.17) is 28.3 Å². The summed E-state index contributed by atoms with van der Waals surface area (Å²) in [6.45, 7) is 0. The minimum absolute atomic E-state index is 0.112. The van der Waals surface area contributed by atoms with Crippen molar-refractivity contribution >= 4 is 29.2 Å². The Balaban J connectivity index is 3.42. The van der Waals surface area contributed by atoms with Gasteiger partial charge in [0.25, 0.3) is 6.43 Å². The lowest BCUT2D eigenvalue weighted by Gasteiger charge is -2.07. The second-order valence-electron chi connectivity index (χ2n) is 2.60. The molecule has 0 aliphatic carbocycles. The summed E-state index contributed by atoms with van der Waals surface area (Å²) in [7, 11) is 0. The Hall–Kier alpha value is -0.940. The van der Waals surface area contributed by atoms with E-state index >= 15 is 0 Å². The number of aromatic nitrogens is 1. The summed E-state index contributed by atoms with van der Waals surface area (Å²) in [4.78, 5) is 14.1. The van der Waals surface area contributed by atoms with E-state index in [0.717, 1.165) is 6.07 Å². The molecule has 1 rings (SSSR count). The Bertz CT molecular complexity index is 398. The van der Waals surface area contributed by atoms with E-state index in [1.165, 1.54) is 0 Å². The smallest absolute Gasteiger partial charge is 0.339 e. The Morgan fingerprint density at radius 3 is 2.60 bits per heavy atom. The molecule has 0 aromatic carbocycles. The van der Waals surface area contributed by atoms with Crippen LogP contribution in [0.5, 0.6) is 0 Å². The molecule has 0 fully saturated rings. The molecule has 0 aliphatic heterocycles. The number of rotatable bonds is 3. The third-order valence-corrected chi connectivity index (χ3v) is 2.18. The highest BCUT2D eigenvalue weighted by atomic mass is 35.5. The maximum atomic E-state index is 12.5. The average molecular weight is 256 g/mol. The van der Waals surface area contributed by atoms with E-state index < -0.39 is 23.7 Å². The fourth-order valence-electron chi connectivity index (χ4n) is 1.02. The van der Waals surface area contributed by atoms with E-state index in [9.17, 15) is 13.6 Å². The molecule has 3 nitrogen and oxygen atoms in total. The molecule has 0 saturated heterocycles. The Labute approximate surface area is 93.6 Å². The zero-order chi connectivity index (χ0) is 11.6. The zero-order valence-electron chi connectivity index (χ0n) is 7.18. The summed E-state index contributed by atoms with van der Waals surface area (Å²) in [5.41, 5.74) is -1.42. The molecule has 0 bridgehead atoms. The molecule has 0 radical (unpaired) electrons. The molecular formula is C8H5Cl2F2NO2. The zero-order valence-corrected chi connectivity index (χ0v) is 8.69. The largest absolute Gasteiger partial charge is 0.478 e. The number of hydrogen-bond acceptors (Lipinski definition) is 2. The van der Waals surface area contributed by atoms with Crippen LogP contribution in [0.15, 0.2) is 6.07 Å². The molecule has 0 amide bonds. The molecular weight excluding hydrogens is 251 g/mol. The van der Waals surface area contributed by atoms with Gasteiger partial charge in [-0.3, -0.25) is 0 Å². The van der Waals surface area contributed by atoms with Gasteiger partial charge in [-0.1, -0.05) is 11.6 Å². The number of halogens is 4. The molecule has 0 saturated carbocycles. The first kappa shape index (κ1) is 12.1. The van der Waals surface area contributed by atoms with Gasteiger partial charge >= 0.3 is 5.97 Å². The van der Waals surface area contributed by atoms with Crippen LogP contribution in [0.25, 0.3) is 0 Å². The average Bonchev–Trinajstić information content (AvgIpc) is 2.15. The normalized spacial score (nSPS) is 10.7. The maximum absolute atomic E-state index is 12.5. The highest BCUT2D eigenvalue weighted by molar-refractivity contribution is 6.33. The molecule has 0 unspecified atom stereocenters. The Morgan fingerprint density at radius 2 is 2.20 bits per heavy atom. The van der Waals surface area contributed by atoms with Crippen molar-refractivity contribution in [3.05, 3.63) is 28.0 Å². The van der Waals surface area contributed by atoms with Crippen molar-refractivity contribution in [2.45, 2.75) is 12.3 Å². The molecule has 1 heterocycles. The minimum Gasteiger partial charge on any atom is -0.478 e. The van der Waals surface area contributed by atoms with Crippen LogP contribution in [-0.2, 0) is 5.88 Å². The highest BCUT2D eigenvalue weighted by Gasteiger charge is 2.23. The topological polar surface area (TPSA) is 50.2 Å². The van der Waals surface area contributed by atoms with Crippen LogP contribution in [0.2, 0.25) is 5.02 Å². The van der Waals surface area contributed by atoms with Gasteiger partial charge < -0.3 is 5.11 Å². The quantitative estimate of drug-likeness (QED) is 0.845. The van der Waals surface area contributed by atoms with Crippen molar-refractivity contribution < 1.29 is 18.7 Å². The number of carboxylic acid groups (broad SMARTS) is 1. The van der Waals surface area contributed by atoms with Gasteiger partial charge in [-0.2, -0.15) is 0 Å². The number of alkyl halides is 3. The fraction of sp³-hybridized carbons (Fsp3) is 0.250. The van der Waals surface area contributed by atoms with Crippen molar-refractivity contribution in [3.63, 3.8) is 0 Å². The van der Waals surface area contributed by atoms with Gasteiger partial charge in [-0.15, -0.1) is 11.6 Å². The fourth-order valence-corrected chi connectivity index (χ4v) is 1.46. The number of carboxylic acids is 1. The van der Waals surface area contributed by atoms with Gasteiger partial charge in [0.1, 0.15) is 11.3 Å². The molecule has 0 aliphatic rings. The number of hydrogen-bond donors (Lipinski definition) is 1. The van der Waals surface area contributed by atoms with Gasteiger partial charge in [0, 0.05) is 0 Å². The van der Waals surface area contributed by atoms with Gasteiger partial charge in [-0.05, 0) is 6.07 Å². The van der Waals surface area contributed by atoms with Crippen LogP contribution < -0.4 is 0 Å². The molecule has 15 heavy (non-hydrogen) atoms. The van der Waals surface area contributed by atoms with Crippen LogP contribution in [0.1, 0.15) is 28.2 Å². The van der Waals surface area contributed by atoms with E-state index in [1.807, 2.05) is 0 Å². The van der Waals surface area contributed by atoms with Crippen molar-refractivity contribution in [1.29, 1.82) is 0 Å². The Kier molecular flexibility index (Phi) is 3.82. The summed E-state index contributed by atoms with van der Waals surface area (Å²) in [5.74, 6) is -1.65. The predicted molar refractivity (Wildman–Crippen MR) is 50.7 cm³/mol. The van der Waals surface area contributed by atoms with Crippen LogP contribution in [-0.4, -0.2) is 16.1 Å². The molecule has 0 atom stereocenters. The third kappa shape index (κ3) is 2.54. The van der Waals surface area contributed by atoms with Gasteiger partial charge in [0.05, 0.1) is 16.6 Å². The van der Waals surface area contributed by atoms with Gasteiger partial charge in [0.2, 0.25) is 0 Å². The predicted octanol–water partition coefficient (Wildman–Crippen LogP) is 3.11. The molecule has 1 aromatic heterocycles.